The molecule has 0 saturated carbocycles. The summed E-state index contributed by atoms with van der Waals surface area (Å²) in [6.45, 7) is 1.42. The first-order valence-corrected chi connectivity index (χ1v) is 7.22. The minimum Gasteiger partial charge on any atom is -0.468 e. The highest BCUT2D eigenvalue weighted by Gasteiger charge is 2.31. The zero-order chi connectivity index (χ0) is 15.8. The average Bonchev–Trinajstić information content (AvgIpc) is 2.95. The summed E-state index contributed by atoms with van der Waals surface area (Å²) >= 11 is 0. The Bertz CT molecular complexity index is 759. The smallest absolute Gasteiger partial charge is 0.287 e. The summed E-state index contributed by atoms with van der Waals surface area (Å²) in [6, 6.07) is 4.47. The molecule has 2 heterocycles. The van der Waals surface area contributed by atoms with Crippen molar-refractivity contribution < 1.29 is 19.0 Å². The third-order valence-corrected chi connectivity index (χ3v) is 4.02. The molecule has 1 fully saturated rings. The molecular formula is C14H14FN5O3. The summed E-state index contributed by atoms with van der Waals surface area (Å²) in [4.78, 5) is 0. The Morgan fingerprint density at radius 1 is 1.43 bits per heavy atom. The van der Waals surface area contributed by atoms with Gasteiger partial charge in [-0.1, -0.05) is 11.2 Å². The molecule has 3 N–H and O–H groups in total. The number of nitrogens with zero attached hydrogens (tertiary/aromatic N) is 3. The Kier molecular flexibility index (Phi) is 3.34. The maximum atomic E-state index is 13.3. The molecule has 23 heavy (non-hydrogen) atoms. The van der Waals surface area contributed by atoms with E-state index in [9.17, 15) is 9.60 Å². The van der Waals surface area contributed by atoms with Gasteiger partial charge in [0, 0.05) is 13.1 Å². The predicted molar refractivity (Wildman–Crippen MR) is 75.9 cm³/mol. The van der Waals surface area contributed by atoms with Crippen molar-refractivity contribution in [2.45, 2.75) is 18.6 Å². The van der Waals surface area contributed by atoms with Crippen LogP contribution >= 0.6 is 0 Å². The van der Waals surface area contributed by atoms with Crippen LogP contribution < -0.4 is 15.4 Å². The summed E-state index contributed by atoms with van der Waals surface area (Å²) < 4.78 is 23.6. The van der Waals surface area contributed by atoms with E-state index in [1.807, 2.05) is 0 Å². The number of oxime groups is 1. The molecule has 1 saturated heterocycles. The monoisotopic (exact) mass is 319 g/mol. The molecule has 0 spiro atoms. The fraction of sp³-hybridized carbons (Fsp3) is 0.357. The van der Waals surface area contributed by atoms with E-state index in [-0.39, 0.29) is 35.4 Å². The summed E-state index contributed by atoms with van der Waals surface area (Å²) in [5, 5.41) is 26.0. The lowest BCUT2D eigenvalue weighted by atomic mass is 9.83. The number of hydrogen-bond acceptors (Lipinski definition) is 7. The zero-order valence-electron chi connectivity index (χ0n) is 12.0. The molecule has 0 bridgehead atoms. The van der Waals surface area contributed by atoms with Crippen LogP contribution in [0, 0.1) is 5.82 Å². The van der Waals surface area contributed by atoms with Crippen molar-refractivity contribution in [3.63, 3.8) is 0 Å². The van der Waals surface area contributed by atoms with Crippen LogP contribution in [0.3, 0.4) is 0 Å². The fourth-order valence-corrected chi connectivity index (χ4v) is 2.62. The Morgan fingerprint density at radius 2 is 2.30 bits per heavy atom. The molecule has 8 nitrogen and oxygen atoms in total. The third-order valence-electron chi connectivity index (χ3n) is 4.02. The van der Waals surface area contributed by atoms with Crippen LogP contribution in [0.25, 0.3) is 0 Å². The second-order valence-corrected chi connectivity index (χ2v) is 5.51. The second kappa shape index (κ2) is 5.51. The summed E-state index contributed by atoms with van der Waals surface area (Å²) in [5.74, 6) is -0.0635. The van der Waals surface area contributed by atoms with Gasteiger partial charge in [0.15, 0.2) is 0 Å². The first-order chi connectivity index (χ1) is 11.2. The maximum Gasteiger partial charge on any atom is 0.287 e. The van der Waals surface area contributed by atoms with Gasteiger partial charge in [-0.3, -0.25) is 0 Å². The molecule has 120 valence electrons. The minimum absolute atomic E-state index is 0.0147. The number of ether oxygens (including phenoxy) is 1. The molecule has 1 atom stereocenters. The molecule has 1 aliphatic heterocycles. The average molecular weight is 319 g/mol. The normalized spacial score (nSPS) is 20.4. The lowest BCUT2D eigenvalue weighted by Crippen LogP contribution is -2.50. The largest absolute Gasteiger partial charge is 0.468 e. The van der Waals surface area contributed by atoms with E-state index in [2.05, 4.69) is 30.7 Å². The zero-order valence-corrected chi connectivity index (χ0v) is 12.0. The van der Waals surface area contributed by atoms with E-state index in [1.54, 1.807) is 6.07 Å². The highest BCUT2D eigenvalue weighted by atomic mass is 19.1. The van der Waals surface area contributed by atoms with E-state index >= 15 is 0 Å². The molecule has 1 aromatic heterocycles. The molecule has 0 radical (unpaired) electrons. The standard InChI is InChI=1S/C14H14FN5O3/c15-8-2-1-7-3-11(10(7)4-8)17-13(18-21)12-14(20-23-19-12)22-9-5-16-6-9/h1-2,4,9,11,16,21H,3,5-6H2,(H,17,18)/t11-/m0/s1. The van der Waals surface area contributed by atoms with Crippen molar-refractivity contribution >= 4 is 5.84 Å². The maximum absolute atomic E-state index is 13.3. The number of benzene rings is 1. The molecule has 0 amide bonds. The Balaban J connectivity index is 1.51. The van der Waals surface area contributed by atoms with Crippen molar-refractivity contribution in [1.82, 2.24) is 20.9 Å². The second-order valence-electron chi connectivity index (χ2n) is 5.51. The number of hydrogen-bond donors (Lipinski definition) is 3. The lowest BCUT2D eigenvalue weighted by molar-refractivity contribution is 0.128. The number of rotatable bonds is 4. The van der Waals surface area contributed by atoms with Gasteiger partial charge in [-0.25, -0.2) is 9.02 Å². The minimum atomic E-state index is -0.303. The SMILES string of the molecule is O/N=C(/N[C@H]1Cc2ccc(F)cc21)c1nonc1OC1CNC1. The van der Waals surface area contributed by atoms with Crippen LogP contribution in [0.4, 0.5) is 4.39 Å². The quantitative estimate of drug-likeness (QED) is 0.328. The van der Waals surface area contributed by atoms with Crippen LogP contribution in [0.5, 0.6) is 5.88 Å². The van der Waals surface area contributed by atoms with Gasteiger partial charge < -0.3 is 20.6 Å². The first kappa shape index (κ1) is 13.9. The molecule has 2 aromatic rings. The summed E-state index contributed by atoms with van der Waals surface area (Å²) in [7, 11) is 0. The van der Waals surface area contributed by atoms with Crippen molar-refractivity contribution in [2.75, 3.05) is 13.1 Å². The lowest BCUT2D eigenvalue weighted by Gasteiger charge is -2.31. The van der Waals surface area contributed by atoms with E-state index in [0.717, 1.165) is 11.1 Å². The molecule has 0 unspecified atom stereocenters. The van der Waals surface area contributed by atoms with Crippen LogP contribution in [0.1, 0.15) is 22.9 Å². The third kappa shape index (κ3) is 2.48. The van der Waals surface area contributed by atoms with Crippen molar-refractivity contribution in [1.29, 1.82) is 0 Å². The van der Waals surface area contributed by atoms with Crippen LogP contribution in [0.2, 0.25) is 0 Å². The molecule has 2 aliphatic rings. The number of amidine groups is 1. The van der Waals surface area contributed by atoms with Crippen LogP contribution in [0.15, 0.2) is 28.0 Å². The Morgan fingerprint density at radius 3 is 3.04 bits per heavy atom. The van der Waals surface area contributed by atoms with Crippen LogP contribution in [-0.4, -0.2) is 40.5 Å². The van der Waals surface area contributed by atoms with Gasteiger partial charge in [-0.05, 0) is 40.0 Å². The predicted octanol–water partition coefficient (Wildman–Crippen LogP) is 0.582. The van der Waals surface area contributed by atoms with Crippen LogP contribution in [-0.2, 0) is 6.42 Å². The molecule has 4 rings (SSSR count). The number of aromatic nitrogens is 2. The van der Waals surface area contributed by atoms with Gasteiger partial charge in [-0.2, -0.15) is 0 Å². The van der Waals surface area contributed by atoms with Gasteiger partial charge in [0.2, 0.25) is 11.5 Å². The van der Waals surface area contributed by atoms with Crippen molar-refractivity contribution in [3.8, 4) is 5.88 Å². The van der Waals surface area contributed by atoms with E-state index in [4.69, 9.17) is 4.74 Å². The number of fused-ring (bicyclic) bond motifs is 1. The Hall–Kier alpha value is -2.68. The van der Waals surface area contributed by atoms with E-state index in [0.29, 0.717) is 19.5 Å². The molecule has 1 aliphatic carbocycles. The van der Waals surface area contributed by atoms with Gasteiger partial charge in [0.25, 0.3) is 5.88 Å². The topological polar surface area (TPSA) is 105 Å². The van der Waals surface area contributed by atoms with Gasteiger partial charge in [0.1, 0.15) is 11.9 Å². The van der Waals surface area contributed by atoms with Gasteiger partial charge in [-0.15, -0.1) is 0 Å². The molecule has 1 aromatic carbocycles. The summed E-state index contributed by atoms with van der Waals surface area (Å²) in [5.41, 5.74) is 2.06. The fourth-order valence-electron chi connectivity index (χ4n) is 2.62. The van der Waals surface area contributed by atoms with Gasteiger partial charge in [0.05, 0.1) is 6.04 Å². The highest BCUT2D eigenvalue weighted by molar-refractivity contribution is 5.98. The van der Waals surface area contributed by atoms with E-state index in [1.165, 1.54) is 12.1 Å². The molecular weight excluding hydrogens is 305 g/mol. The van der Waals surface area contributed by atoms with Crippen molar-refractivity contribution in [3.05, 3.63) is 40.8 Å². The molecule has 9 heteroatoms. The Labute approximate surface area is 130 Å². The van der Waals surface area contributed by atoms with Crippen molar-refractivity contribution in [2.24, 2.45) is 5.16 Å². The van der Waals surface area contributed by atoms with E-state index < -0.39 is 0 Å². The highest BCUT2D eigenvalue weighted by Crippen LogP contribution is 2.34. The first-order valence-electron chi connectivity index (χ1n) is 7.22. The summed E-state index contributed by atoms with van der Waals surface area (Å²) in [6.07, 6.45) is 0.682. The van der Waals surface area contributed by atoms with Gasteiger partial charge >= 0.3 is 0 Å². The number of halogens is 1. The number of nitrogens with one attached hydrogen (secondary N) is 2.